The fourth-order valence-electron chi connectivity index (χ4n) is 1.78. The molecular weight excluding hydrogens is 246 g/mol. The Hall–Kier alpha value is -2.57. The van der Waals surface area contributed by atoms with Crippen molar-refractivity contribution in [3.05, 3.63) is 34.6 Å². The molecule has 0 saturated carbocycles. The molecule has 2 aromatic heterocycles. The topological polar surface area (TPSA) is 109 Å². The van der Waals surface area contributed by atoms with Crippen LogP contribution in [0.4, 0.5) is 0 Å². The molecule has 2 aromatic rings. The van der Waals surface area contributed by atoms with E-state index in [1.807, 2.05) is 26.8 Å². The molecule has 0 amide bonds. The van der Waals surface area contributed by atoms with E-state index in [-0.39, 0.29) is 11.7 Å². The van der Waals surface area contributed by atoms with Crippen molar-refractivity contribution in [3.63, 3.8) is 0 Å². The summed E-state index contributed by atoms with van der Waals surface area (Å²) in [6.45, 7) is 5.54. The summed E-state index contributed by atoms with van der Waals surface area (Å²) >= 11 is 0. The van der Waals surface area contributed by atoms with E-state index in [4.69, 9.17) is 15.7 Å². The van der Waals surface area contributed by atoms with E-state index < -0.39 is 0 Å². The average molecular weight is 261 g/mol. The first-order chi connectivity index (χ1) is 9.01. The van der Waals surface area contributed by atoms with Crippen LogP contribution < -0.4 is 10.5 Å². The van der Waals surface area contributed by atoms with Crippen LogP contribution in [0.2, 0.25) is 0 Å². The van der Waals surface area contributed by atoms with Gasteiger partial charge in [0.05, 0.1) is 5.56 Å². The lowest BCUT2D eigenvalue weighted by Crippen LogP contribution is -2.17. The van der Waals surface area contributed by atoms with E-state index in [9.17, 15) is 0 Å². The van der Waals surface area contributed by atoms with Crippen molar-refractivity contribution in [1.29, 1.82) is 0 Å². The van der Waals surface area contributed by atoms with E-state index in [2.05, 4.69) is 20.3 Å². The quantitative estimate of drug-likeness (QED) is 0.336. The molecule has 0 aromatic carbocycles. The molecule has 0 atom stereocenters. The third-order valence-corrected chi connectivity index (χ3v) is 2.56. The summed E-state index contributed by atoms with van der Waals surface area (Å²) in [4.78, 5) is 4.26. The predicted molar refractivity (Wildman–Crippen MR) is 69.6 cm³/mol. The number of nitrogens with zero attached hydrogens (tertiary/aromatic N) is 3. The van der Waals surface area contributed by atoms with E-state index in [0.717, 1.165) is 17.0 Å². The van der Waals surface area contributed by atoms with Gasteiger partial charge in [-0.15, -0.1) is 5.10 Å². The number of nitrogens with one attached hydrogen (secondary N) is 1. The van der Waals surface area contributed by atoms with Crippen LogP contribution in [0.15, 0.2) is 17.3 Å². The first-order valence-electron chi connectivity index (χ1n) is 5.67. The van der Waals surface area contributed by atoms with Crippen LogP contribution in [0.3, 0.4) is 0 Å². The number of aromatic amines is 1. The molecular formula is C12H15N5O2. The molecule has 0 bridgehead atoms. The SMILES string of the molecule is Cc1cc(C)c(/C(N)=N/O)c(Oc2cc(C)[nH]n2)n1. The third kappa shape index (κ3) is 2.65. The maximum Gasteiger partial charge on any atom is 0.240 e. The molecule has 0 fully saturated rings. The number of aryl methyl sites for hydroxylation is 3. The molecule has 2 heterocycles. The van der Waals surface area contributed by atoms with Crippen molar-refractivity contribution < 1.29 is 9.94 Å². The van der Waals surface area contributed by atoms with Crippen molar-refractivity contribution in [2.24, 2.45) is 10.9 Å². The van der Waals surface area contributed by atoms with Gasteiger partial charge in [0.2, 0.25) is 11.8 Å². The normalized spacial score (nSPS) is 11.6. The largest absolute Gasteiger partial charge is 0.418 e. The molecule has 0 aliphatic rings. The molecule has 7 nitrogen and oxygen atoms in total. The molecule has 0 aliphatic heterocycles. The van der Waals surface area contributed by atoms with Crippen LogP contribution in [0, 0.1) is 20.8 Å². The van der Waals surface area contributed by atoms with E-state index in [0.29, 0.717) is 11.4 Å². The lowest BCUT2D eigenvalue weighted by Gasteiger charge is -2.11. The fourth-order valence-corrected chi connectivity index (χ4v) is 1.78. The van der Waals surface area contributed by atoms with Gasteiger partial charge in [-0.1, -0.05) is 5.16 Å². The van der Waals surface area contributed by atoms with Gasteiger partial charge < -0.3 is 15.7 Å². The Bertz CT molecular complexity index is 633. The second-order valence-corrected chi connectivity index (χ2v) is 4.24. The molecule has 0 saturated heterocycles. The molecule has 2 rings (SSSR count). The molecule has 100 valence electrons. The summed E-state index contributed by atoms with van der Waals surface area (Å²) < 4.78 is 5.59. The van der Waals surface area contributed by atoms with Gasteiger partial charge >= 0.3 is 0 Å². The number of pyridine rings is 1. The van der Waals surface area contributed by atoms with E-state index in [1.54, 1.807) is 6.07 Å². The zero-order valence-corrected chi connectivity index (χ0v) is 10.9. The number of amidine groups is 1. The Labute approximate surface area is 110 Å². The number of H-pyrrole nitrogens is 1. The molecule has 0 spiro atoms. The molecule has 0 radical (unpaired) electrons. The number of hydrogen-bond donors (Lipinski definition) is 3. The lowest BCUT2D eigenvalue weighted by atomic mass is 10.1. The van der Waals surface area contributed by atoms with Gasteiger partial charge in [-0.2, -0.15) is 0 Å². The van der Waals surface area contributed by atoms with Gasteiger partial charge in [0.1, 0.15) is 0 Å². The van der Waals surface area contributed by atoms with Crippen LogP contribution in [0.25, 0.3) is 0 Å². The molecule has 7 heteroatoms. The van der Waals surface area contributed by atoms with Crippen LogP contribution in [0.5, 0.6) is 11.8 Å². The molecule has 4 N–H and O–H groups in total. The van der Waals surface area contributed by atoms with Crippen LogP contribution in [-0.2, 0) is 0 Å². The summed E-state index contributed by atoms with van der Waals surface area (Å²) in [5, 5.41) is 18.6. The molecule has 19 heavy (non-hydrogen) atoms. The second-order valence-electron chi connectivity index (χ2n) is 4.24. The molecule has 0 aliphatic carbocycles. The zero-order valence-electron chi connectivity index (χ0n) is 10.9. The van der Waals surface area contributed by atoms with Crippen molar-refractivity contribution >= 4 is 5.84 Å². The van der Waals surface area contributed by atoms with Crippen molar-refractivity contribution in [1.82, 2.24) is 15.2 Å². The van der Waals surface area contributed by atoms with Gasteiger partial charge in [0.15, 0.2) is 5.84 Å². The van der Waals surface area contributed by atoms with Crippen LogP contribution >= 0.6 is 0 Å². The van der Waals surface area contributed by atoms with Gasteiger partial charge in [0.25, 0.3) is 0 Å². The summed E-state index contributed by atoms with van der Waals surface area (Å²) in [5.74, 6) is 0.591. The number of ether oxygens (including phenoxy) is 1. The summed E-state index contributed by atoms with van der Waals surface area (Å²) in [6, 6.07) is 3.56. The Morgan fingerprint density at radius 1 is 1.37 bits per heavy atom. The minimum atomic E-state index is -0.0488. The summed E-state index contributed by atoms with van der Waals surface area (Å²) in [6.07, 6.45) is 0. The minimum Gasteiger partial charge on any atom is -0.418 e. The Morgan fingerprint density at radius 3 is 2.68 bits per heavy atom. The highest BCUT2D eigenvalue weighted by Crippen LogP contribution is 2.25. The van der Waals surface area contributed by atoms with Gasteiger partial charge in [-0.25, -0.2) is 4.98 Å². The summed E-state index contributed by atoms with van der Waals surface area (Å²) in [7, 11) is 0. The van der Waals surface area contributed by atoms with Gasteiger partial charge in [-0.3, -0.25) is 5.10 Å². The second kappa shape index (κ2) is 4.97. The first-order valence-corrected chi connectivity index (χ1v) is 5.67. The number of rotatable bonds is 3. The fraction of sp³-hybridized carbons (Fsp3) is 0.250. The number of nitrogens with two attached hydrogens (primary N) is 1. The summed E-state index contributed by atoms with van der Waals surface area (Å²) in [5.41, 5.74) is 8.56. The Morgan fingerprint density at radius 2 is 2.11 bits per heavy atom. The average Bonchev–Trinajstić information content (AvgIpc) is 2.73. The van der Waals surface area contributed by atoms with Crippen molar-refractivity contribution in [2.45, 2.75) is 20.8 Å². The van der Waals surface area contributed by atoms with E-state index in [1.165, 1.54) is 0 Å². The van der Waals surface area contributed by atoms with Crippen molar-refractivity contribution in [2.75, 3.05) is 0 Å². The zero-order chi connectivity index (χ0) is 14.0. The van der Waals surface area contributed by atoms with Crippen molar-refractivity contribution in [3.8, 4) is 11.8 Å². The standard InChI is InChI=1S/C12H15N5O2/c1-6-4-7(2)14-12(10(6)11(13)17-18)19-9-5-8(3)15-16-9/h4-5,18H,1-3H3,(H2,13,17)(H,15,16). The predicted octanol–water partition coefficient (Wildman–Crippen LogP) is 1.62. The maximum absolute atomic E-state index is 8.83. The molecule has 0 unspecified atom stereocenters. The highest BCUT2D eigenvalue weighted by molar-refractivity contribution is 6.00. The Kier molecular flexibility index (Phi) is 3.37. The van der Waals surface area contributed by atoms with E-state index >= 15 is 0 Å². The smallest absolute Gasteiger partial charge is 0.240 e. The highest BCUT2D eigenvalue weighted by Gasteiger charge is 2.16. The number of hydrogen-bond acceptors (Lipinski definition) is 5. The monoisotopic (exact) mass is 261 g/mol. The Balaban J connectivity index is 2.48. The van der Waals surface area contributed by atoms with Gasteiger partial charge in [-0.05, 0) is 32.4 Å². The van der Waals surface area contributed by atoms with Crippen LogP contribution in [0.1, 0.15) is 22.5 Å². The third-order valence-electron chi connectivity index (χ3n) is 2.56. The van der Waals surface area contributed by atoms with Crippen LogP contribution in [-0.4, -0.2) is 26.2 Å². The maximum atomic E-state index is 8.83. The van der Waals surface area contributed by atoms with Gasteiger partial charge in [0, 0.05) is 17.5 Å². The number of aromatic nitrogens is 3. The number of oxime groups is 1. The lowest BCUT2D eigenvalue weighted by molar-refractivity contribution is 0.318. The highest BCUT2D eigenvalue weighted by atomic mass is 16.5. The minimum absolute atomic E-state index is 0.0488. The first kappa shape index (κ1) is 12.9.